The Bertz CT molecular complexity index is 735. The van der Waals surface area contributed by atoms with Crippen LogP contribution in [0.5, 0.6) is 5.75 Å². The molecule has 0 radical (unpaired) electrons. The fourth-order valence-corrected chi connectivity index (χ4v) is 4.29. The lowest BCUT2D eigenvalue weighted by atomic mass is 9.99. The van der Waals surface area contributed by atoms with Crippen LogP contribution in [0.25, 0.3) is 0 Å². The minimum atomic E-state index is 0.601. The summed E-state index contributed by atoms with van der Waals surface area (Å²) >= 11 is 1.88. The minimum absolute atomic E-state index is 0.601. The fourth-order valence-electron chi connectivity index (χ4n) is 3.11. The number of hydrogen-bond donors (Lipinski definition) is 0. The van der Waals surface area contributed by atoms with E-state index in [0.29, 0.717) is 6.61 Å². The van der Waals surface area contributed by atoms with Crippen LogP contribution in [0.1, 0.15) is 53.9 Å². The standard InChI is InChI=1S/C21H25NOS/c1-14-15(2)20(10-9-19(14)17-7-8-17)23-12-18-4-3-11-22-21(18)24-13-16-5-6-16/h3-4,9-11,16-17H,5-8,12-13H2,1-2H3. The van der Waals surface area contributed by atoms with Crippen LogP contribution < -0.4 is 4.74 Å². The highest BCUT2D eigenvalue weighted by atomic mass is 32.2. The number of nitrogens with zero attached hydrogens (tertiary/aromatic N) is 1. The first-order chi connectivity index (χ1) is 11.7. The summed E-state index contributed by atoms with van der Waals surface area (Å²) in [6.07, 6.45) is 7.35. The molecule has 2 aromatic rings. The van der Waals surface area contributed by atoms with Crippen LogP contribution in [0.3, 0.4) is 0 Å². The van der Waals surface area contributed by atoms with Crippen molar-refractivity contribution in [2.24, 2.45) is 5.92 Å². The molecule has 0 unspecified atom stereocenters. The molecule has 0 N–H and O–H groups in total. The van der Waals surface area contributed by atoms with Crippen LogP contribution >= 0.6 is 11.8 Å². The van der Waals surface area contributed by atoms with Gasteiger partial charge in [0.1, 0.15) is 17.4 Å². The third-order valence-corrected chi connectivity index (χ3v) is 6.46. The summed E-state index contributed by atoms with van der Waals surface area (Å²) in [5.41, 5.74) is 5.41. The van der Waals surface area contributed by atoms with Crippen LogP contribution in [-0.2, 0) is 6.61 Å². The number of ether oxygens (including phenoxy) is 1. The van der Waals surface area contributed by atoms with E-state index in [1.807, 2.05) is 24.0 Å². The van der Waals surface area contributed by atoms with Crippen molar-refractivity contribution in [2.45, 2.75) is 57.1 Å². The highest BCUT2D eigenvalue weighted by molar-refractivity contribution is 7.99. The van der Waals surface area contributed by atoms with Gasteiger partial charge in [0.15, 0.2) is 0 Å². The molecule has 2 aliphatic rings. The molecular weight excluding hydrogens is 314 g/mol. The Labute approximate surface area is 149 Å². The fraction of sp³-hybridized carbons (Fsp3) is 0.476. The number of hydrogen-bond acceptors (Lipinski definition) is 3. The zero-order valence-electron chi connectivity index (χ0n) is 14.5. The molecule has 3 heteroatoms. The lowest BCUT2D eigenvalue weighted by molar-refractivity contribution is 0.300. The van der Waals surface area contributed by atoms with Gasteiger partial charge in [0.25, 0.3) is 0 Å². The first kappa shape index (κ1) is 16.0. The van der Waals surface area contributed by atoms with Gasteiger partial charge in [0.05, 0.1) is 0 Å². The molecule has 2 saturated carbocycles. The maximum Gasteiger partial charge on any atom is 0.123 e. The molecular formula is C21H25NOS. The second kappa shape index (κ2) is 6.79. The minimum Gasteiger partial charge on any atom is -0.489 e. The molecule has 0 saturated heterocycles. The highest BCUT2D eigenvalue weighted by Crippen LogP contribution is 2.43. The molecule has 0 amide bonds. The van der Waals surface area contributed by atoms with E-state index in [2.05, 4.69) is 37.0 Å². The van der Waals surface area contributed by atoms with E-state index in [9.17, 15) is 0 Å². The van der Waals surface area contributed by atoms with Crippen molar-refractivity contribution in [2.75, 3.05) is 5.75 Å². The molecule has 24 heavy (non-hydrogen) atoms. The highest BCUT2D eigenvalue weighted by Gasteiger charge is 2.26. The van der Waals surface area contributed by atoms with Crippen molar-refractivity contribution in [1.29, 1.82) is 0 Å². The zero-order valence-corrected chi connectivity index (χ0v) is 15.4. The van der Waals surface area contributed by atoms with Crippen molar-refractivity contribution in [3.63, 3.8) is 0 Å². The third kappa shape index (κ3) is 3.61. The van der Waals surface area contributed by atoms with Gasteiger partial charge in [-0.2, -0.15) is 0 Å². The first-order valence-electron chi connectivity index (χ1n) is 9.02. The van der Waals surface area contributed by atoms with Crippen molar-refractivity contribution in [3.8, 4) is 5.75 Å². The van der Waals surface area contributed by atoms with Crippen LogP contribution in [0.2, 0.25) is 0 Å². The van der Waals surface area contributed by atoms with E-state index in [1.54, 1.807) is 0 Å². The smallest absolute Gasteiger partial charge is 0.123 e. The lowest BCUT2D eigenvalue weighted by Crippen LogP contribution is -2.02. The van der Waals surface area contributed by atoms with E-state index in [4.69, 9.17) is 4.74 Å². The second-order valence-corrected chi connectivity index (χ2v) is 8.20. The molecule has 1 aromatic carbocycles. The van der Waals surface area contributed by atoms with Gasteiger partial charge in [0.2, 0.25) is 0 Å². The Morgan fingerprint density at radius 3 is 2.67 bits per heavy atom. The maximum atomic E-state index is 6.17. The molecule has 0 spiro atoms. The summed E-state index contributed by atoms with van der Waals surface area (Å²) in [7, 11) is 0. The molecule has 2 fully saturated rings. The molecule has 0 atom stereocenters. The first-order valence-corrected chi connectivity index (χ1v) is 10.0. The Morgan fingerprint density at radius 1 is 1.08 bits per heavy atom. The monoisotopic (exact) mass is 339 g/mol. The molecule has 0 bridgehead atoms. The van der Waals surface area contributed by atoms with Gasteiger partial charge in [-0.15, -0.1) is 11.8 Å². The normalized spacial score (nSPS) is 17.1. The topological polar surface area (TPSA) is 22.1 Å². The Hall–Kier alpha value is -1.48. The second-order valence-electron chi connectivity index (χ2n) is 7.19. The van der Waals surface area contributed by atoms with E-state index in [-0.39, 0.29) is 0 Å². The number of pyridine rings is 1. The van der Waals surface area contributed by atoms with Crippen molar-refractivity contribution >= 4 is 11.8 Å². The van der Waals surface area contributed by atoms with Gasteiger partial charge in [-0.1, -0.05) is 12.1 Å². The van der Waals surface area contributed by atoms with Gasteiger partial charge >= 0.3 is 0 Å². The number of rotatable bonds is 7. The predicted molar refractivity (Wildman–Crippen MR) is 99.9 cm³/mol. The summed E-state index contributed by atoms with van der Waals surface area (Å²) in [5, 5.41) is 1.13. The third-order valence-electron chi connectivity index (χ3n) is 5.18. The summed E-state index contributed by atoms with van der Waals surface area (Å²) in [6.45, 7) is 5.02. The predicted octanol–water partition coefficient (Wildman–Crippen LogP) is 5.66. The molecule has 0 aliphatic heterocycles. The Morgan fingerprint density at radius 2 is 1.92 bits per heavy atom. The SMILES string of the molecule is Cc1c(OCc2cccnc2SCC2CC2)ccc(C2CC2)c1C. The van der Waals surface area contributed by atoms with Gasteiger partial charge in [-0.3, -0.25) is 0 Å². The quantitative estimate of drug-likeness (QED) is 0.608. The van der Waals surface area contributed by atoms with Crippen molar-refractivity contribution in [1.82, 2.24) is 4.98 Å². The summed E-state index contributed by atoms with van der Waals surface area (Å²) < 4.78 is 6.17. The number of benzene rings is 1. The van der Waals surface area contributed by atoms with Crippen LogP contribution in [0, 0.1) is 19.8 Å². The van der Waals surface area contributed by atoms with E-state index < -0.39 is 0 Å². The van der Waals surface area contributed by atoms with Crippen LogP contribution in [-0.4, -0.2) is 10.7 Å². The number of aromatic nitrogens is 1. The Kier molecular flexibility index (Phi) is 4.53. The molecule has 126 valence electrons. The van der Waals surface area contributed by atoms with Crippen LogP contribution in [0.4, 0.5) is 0 Å². The summed E-state index contributed by atoms with van der Waals surface area (Å²) in [5.74, 6) is 3.91. The largest absolute Gasteiger partial charge is 0.489 e. The Balaban J connectivity index is 1.45. The maximum absolute atomic E-state index is 6.17. The molecule has 2 nitrogen and oxygen atoms in total. The van der Waals surface area contributed by atoms with Crippen molar-refractivity contribution < 1.29 is 4.74 Å². The van der Waals surface area contributed by atoms with Gasteiger partial charge in [-0.05, 0) is 80.2 Å². The van der Waals surface area contributed by atoms with E-state index in [1.165, 1.54) is 53.7 Å². The van der Waals surface area contributed by atoms with Gasteiger partial charge < -0.3 is 4.74 Å². The van der Waals surface area contributed by atoms with Gasteiger partial charge in [-0.25, -0.2) is 4.98 Å². The van der Waals surface area contributed by atoms with Crippen molar-refractivity contribution in [3.05, 3.63) is 52.7 Å². The van der Waals surface area contributed by atoms with E-state index in [0.717, 1.165) is 22.6 Å². The summed E-state index contributed by atoms with van der Waals surface area (Å²) in [4.78, 5) is 4.56. The van der Waals surface area contributed by atoms with Gasteiger partial charge in [0, 0.05) is 17.5 Å². The molecule has 1 heterocycles. The number of thioether (sulfide) groups is 1. The average Bonchev–Trinajstić information content (AvgIpc) is 3.48. The van der Waals surface area contributed by atoms with Crippen LogP contribution in [0.15, 0.2) is 35.5 Å². The zero-order chi connectivity index (χ0) is 16.5. The molecule has 1 aromatic heterocycles. The molecule has 4 rings (SSSR count). The average molecular weight is 340 g/mol. The van der Waals surface area contributed by atoms with E-state index >= 15 is 0 Å². The summed E-state index contributed by atoms with van der Waals surface area (Å²) in [6, 6.07) is 8.57. The lowest BCUT2D eigenvalue weighted by Gasteiger charge is -2.15. The molecule has 2 aliphatic carbocycles.